The van der Waals surface area contributed by atoms with E-state index in [1.807, 2.05) is 0 Å². The normalized spacial score (nSPS) is 18.1. The number of anilines is 1. The highest BCUT2D eigenvalue weighted by Gasteiger charge is 2.14. The van der Waals surface area contributed by atoms with Gasteiger partial charge in [0.2, 0.25) is 0 Å². The molecule has 1 aliphatic heterocycles. The summed E-state index contributed by atoms with van der Waals surface area (Å²) >= 11 is 0. The zero-order valence-corrected chi connectivity index (χ0v) is 11.9. The van der Waals surface area contributed by atoms with Crippen molar-refractivity contribution in [2.75, 3.05) is 51.6 Å². The molecule has 6 nitrogen and oxygen atoms in total. The van der Waals surface area contributed by atoms with Gasteiger partial charge < -0.3 is 20.3 Å². The van der Waals surface area contributed by atoms with Gasteiger partial charge in [0.1, 0.15) is 0 Å². The Hall–Kier alpha value is -1.37. The van der Waals surface area contributed by atoms with Gasteiger partial charge in [-0.1, -0.05) is 0 Å². The second kappa shape index (κ2) is 7.42. The van der Waals surface area contributed by atoms with Gasteiger partial charge in [0.05, 0.1) is 6.61 Å². The number of hydrogen-bond acceptors (Lipinski definition) is 5. The number of aliphatic hydroxyl groups excluding tert-OH is 1. The summed E-state index contributed by atoms with van der Waals surface area (Å²) in [6, 6.07) is 3.15. The number of nitrogen functional groups attached to an aromatic ring is 1. The first-order valence-electron chi connectivity index (χ1n) is 7.20. The molecule has 1 aromatic heterocycles. The molecule has 0 bridgehead atoms. The number of nitrogens with two attached hydrogens (primary N) is 1. The Balaban J connectivity index is 1.85. The lowest BCUT2D eigenvalue weighted by Gasteiger charge is -2.21. The van der Waals surface area contributed by atoms with Crippen LogP contribution >= 0.6 is 0 Å². The molecule has 0 saturated carbocycles. The Morgan fingerprint density at radius 3 is 2.45 bits per heavy atom. The van der Waals surface area contributed by atoms with Crippen molar-refractivity contribution < 1.29 is 5.11 Å². The topological polar surface area (TPSA) is 74.7 Å². The van der Waals surface area contributed by atoms with Gasteiger partial charge in [0.15, 0.2) is 0 Å². The van der Waals surface area contributed by atoms with E-state index in [-0.39, 0.29) is 12.2 Å². The molecule has 0 aromatic carbocycles. The highest BCUT2D eigenvalue weighted by Crippen LogP contribution is 2.03. The van der Waals surface area contributed by atoms with Crippen molar-refractivity contribution in [3.05, 3.63) is 28.7 Å². The summed E-state index contributed by atoms with van der Waals surface area (Å²) in [6.45, 7) is 6.54. The SMILES string of the molecule is Nc1ccc(=O)n(CCN2CCCN(CCO)CC2)c1. The molecule has 0 spiro atoms. The molecule has 0 unspecified atom stereocenters. The van der Waals surface area contributed by atoms with Crippen molar-refractivity contribution in [1.29, 1.82) is 0 Å². The van der Waals surface area contributed by atoms with Crippen LogP contribution in [0.25, 0.3) is 0 Å². The fraction of sp³-hybridized carbons (Fsp3) is 0.643. The standard InChI is InChI=1S/C14H24N4O2/c15-13-2-3-14(20)18(12-13)9-8-16-4-1-5-17(7-6-16)10-11-19/h2-3,12,19H,1,4-11,15H2. The van der Waals surface area contributed by atoms with Gasteiger partial charge >= 0.3 is 0 Å². The molecule has 20 heavy (non-hydrogen) atoms. The summed E-state index contributed by atoms with van der Waals surface area (Å²) < 4.78 is 1.67. The Labute approximate surface area is 119 Å². The summed E-state index contributed by atoms with van der Waals surface area (Å²) in [5, 5.41) is 8.98. The third kappa shape index (κ3) is 4.33. The minimum Gasteiger partial charge on any atom is -0.398 e. The lowest BCUT2D eigenvalue weighted by molar-refractivity contribution is 0.196. The highest BCUT2D eigenvalue weighted by atomic mass is 16.3. The van der Waals surface area contributed by atoms with E-state index >= 15 is 0 Å². The molecule has 0 radical (unpaired) electrons. The highest BCUT2D eigenvalue weighted by molar-refractivity contribution is 5.33. The van der Waals surface area contributed by atoms with Crippen LogP contribution in [-0.2, 0) is 6.54 Å². The number of pyridine rings is 1. The van der Waals surface area contributed by atoms with Gasteiger partial charge in [-0.15, -0.1) is 0 Å². The van der Waals surface area contributed by atoms with Crippen LogP contribution in [0.15, 0.2) is 23.1 Å². The van der Waals surface area contributed by atoms with Crippen molar-refractivity contribution in [1.82, 2.24) is 14.4 Å². The monoisotopic (exact) mass is 280 g/mol. The molecule has 0 amide bonds. The first kappa shape index (κ1) is 15.0. The van der Waals surface area contributed by atoms with Crippen LogP contribution in [0.4, 0.5) is 5.69 Å². The van der Waals surface area contributed by atoms with Crippen molar-refractivity contribution in [3.63, 3.8) is 0 Å². The maximum Gasteiger partial charge on any atom is 0.250 e. The lowest BCUT2D eigenvalue weighted by atomic mass is 10.3. The summed E-state index contributed by atoms with van der Waals surface area (Å²) in [5.74, 6) is 0. The predicted molar refractivity (Wildman–Crippen MR) is 79.7 cm³/mol. The van der Waals surface area contributed by atoms with E-state index in [9.17, 15) is 4.79 Å². The fourth-order valence-electron chi connectivity index (χ4n) is 2.59. The molecule has 1 fully saturated rings. The number of aromatic nitrogens is 1. The van der Waals surface area contributed by atoms with Crippen LogP contribution in [0, 0.1) is 0 Å². The van der Waals surface area contributed by atoms with E-state index in [1.165, 1.54) is 6.07 Å². The van der Waals surface area contributed by atoms with Gasteiger partial charge in [0.25, 0.3) is 5.56 Å². The first-order valence-corrected chi connectivity index (χ1v) is 7.20. The van der Waals surface area contributed by atoms with E-state index in [0.29, 0.717) is 12.2 Å². The Bertz CT molecular complexity index is 474. The van der Waals surface area contributed by atoms with Gasteiger partial charge in [0, 0.05) is 50.7 Å². The smallest absolute Gasteiger partial charge is 0.250 e. The van der Waals surface area contributed by atoms with Crippen molar-refractivity contribution in [2.45, 2.75) is 13.0 Å². The first-order chi connectivity index (χ1) is 9.69. The minimum absolute atomic E-state index is 0.00377. The quantitative estimate of drug-likeness (QED) is 0.755. The van der Waals surface area contributed by atoms with Crippen LogP contribution in [0.1, 0.15) is 6.42 Å². The number of nitrogens with zero attached hydrogens (tertiary/aromatic N) is 3. The van der Waals surface area contributed by atoms with Crippen molar-refractivity contribution >= 4 is 5.69 Å². The number of β-amino-alcohol motifs (C(OH)–C–C–N with tert-alkyl or cyclic N) is 1. The van der Waals surface area contributed by atoms with Crippen LogP contribution in [0.2, 0.25) is 0 Å². The summed E-state index contributed by atoms with van der Waals surface area (Å²) in [4.78, 5) is 16.4. The molecule has 0 aliphatic carbocycles. The molecule has 2 rings (SSSR count). The van der Waals surface area contributed by atoms with Crippen LogP contribution in [0.3, 0.4) is 0 Å². The minimum atomic E-state index is -0.00377. The Morgan fingerprint density at radius 2 is 1.75 bits per heavy atom. The predicted octanol–water partition coefficient (Wildman–Crippen LogP) is -0.569. The Morgan fingerprint density at radius 1 is 1.05 bits per heavy atom. The maximum absolute atomic E-state index is 11.7. The second-order valence-electron chi connectivity index (χ2n) is 5.25. The molecular formula is C14H24N4O2. The van der Waals surface area contributed by atoms with Crippen molar-refractivity contribution in [3.8, 4) is 0 Å². The van der Waals surface area contributed by atoms with E-state index in [1.54, 1.807) is 16.8 Å². The number of rotatable bonds is 5. The van der Waals surface area contributed by atoms with E-state index in [2.05, 4.69) is 9.80 Å². The summed E-state index contributed by atoms with van der Waals surface area (Å²) in [6.07, 6.45) is 2.81. The van der Waals surface area contributed by atoms with E-state index in [0.717, 1.165) is 45.7 Å². The molecule has 1 aromatic rings. The lowest BCUT2D eigenvalue weighted by Crippen LogP contribution is -2.35. The van der Waals surface area contributed by atoms with Crippen molar-refractivity contribution in [2.24, 2.45) is 0 Å². The molecule has 2 heterocycles. The number of aliphatic hydroxyl groups is 1. The summed E-state index contributed by atoms with van der Waals surface area (Å²) in [5.41, 5.74) is 6.33. The van der Waals surface area contributed by atoms with Crippen LogP contribution in [0.5, 0.6) is 0 Å². The fourth-order valence-corrected chi connectivity index (χ4v) is 2.59. The molecule has 1 aliphatic rings. The summed E-state index contributed by atoms with van der Waals surface area (Å²) in [7, 11) is 0. The van der Waals surface area contributed by atoms with Gasteiger partial charge in [-0.3, -0.25) is 9.69 Å². The largest absolute Gasteiger partial charge is 0.398 e. The average molecular weight is 280 g/mol. The zero-order valence-electron chi connectivity index (χ0n) is 11.9. The Kier molecular flexibility index (Phi) is 5.58. The average Bonchev–Trinajstić information content (AvgIpc) is 2.66. The molecular weight excluding hydrogens is 256 g/mol. The van der Waals surface area contributed by atoms with Gasteiger partial charge in [-0.05, 0) is 25.6 Å². The number of hydrogen-bond donors (Lipinski definition) is 2. The third-order valence-corrected chi connectivity index (χ3v) is 3.76. The molecule has 6 heteroatoms. The zero-order chi connectivity index (χ0) is 14.4. The molecule has 1 saturated heterocycles. The second-order valence-corrected chi connectivity index (χ2v) is 5.25. The molecule has 3 N–H and O–H groups in total. The molecule has 0 atom stereocenters. The van der Waals surface area contributed by atoms with Crippen LogP contribution in [-0.4, -0.2) is 65.3 Å². The van der Waals surface area contributed by atoms with E-state index in [4.69, 9.17) is 10.8 Å². The maximum atomic E-state index is 11.7. The van der Waals surface area contributed by atoms with Gasteiger partial charge in [-0.25, -0.2) is 0 Å². The van der Waals surface area contributed by atoms with Gasteiger partial charge in [-0.2, -0.15) is 0 Å². The third-order valence-electron chi connectivity index (χ3n) is 3.76. The molecule has 112 valence electrons. The van der Waals surface area contributed by atoms with Crippen LogP contribution < -0.4 is 11.3 Å². The van der Waals surface area contributed by atoms with E-state index < -0.39 is 0 Å².